The fraction of sp³-hybridized carbons (Fsp3) is 0.923. The molecule has 1 fully saturated rings. The molecule has 1 saturated carbocycles. The largest absolute Gasteiger partial charge is 0.360 e. The molecule has 4 heteroatoms. The first-order valence-corrected chi connectivity index (χ1v) is 7.09. The van der Waals surface area contributed by atoms with Crippen LogP contribution in [-0.4, -0.2) is 49.5 Å². The molecule has 0 radical (unpaired) electrons. The van der Waals surface area contributed by atoms with Crippen molar-refractivity contribution in [2.24, 2.45) is 10.7 Å². The first-order chi connectivity index (χ1) is 8.40. The van der Waals surface area contributed by atoms with Crippen molar-refractivity contribution in [2.75, 3.05) is 26.2 Å². The SMILES string of the molecule is NCCCNC1CCC(N2C=NCCC2)CC1. The van der Waals surface area contributed by atoms with Gasteiger partial charge in [0, 0.05) is 25.2 Å². The molecule has 0 unspecified atom stereocenters. The lowest BCUT2D eigenvalue weighted by atomic mass is 9.90. The molecule has 2 rings (SSSR count). The second-order valence-electron chi connectivity index (χ2n) is 5.21. The number of hydrogen-bond acceptors (Lipinski definition) is 4. The van der Waals surface area contributed by atoms with Crippen LogP contribution in [0.5, 0.6) is 0 Å². The summed E-state index contributed by atoms with van der Waals surface area (Å²) in [5, 5.41) is 3.61. The van der Waals surface area contributed by atoms with Crippen LogP contribution in [0.1, 0.15) is 38.5 Å². The maximum absolute atomic E-state index is 5.50. The minimum absolute atomic E-state index is 0.722. The van der Waals surface area contributed by atoms with Gasteiger partial charge in [0.05, 0.1) is 6.34 Å². The van der Waals surface area contributed by atoms with Crippen LogP contribution >= 0.6 is 0 Å². The first kappa shape index (κ1) is 12.8. The summed E-state index contributed by atoms with van der Waals surface area (Å²) in [6, 6.07) is 1.46. The van der Waals surface area contributed by atoms with Gasteiger partial charge in [-0.15, -0.1) is 0 Å². The van der Waals surface area contributed by atoms with Gasteiger partial charge in [0.25, 0.3) is 0 Å². The normalized spacial score (nSPS) is 29.6. The second kappa shape index (κ2) is 6.97. The summed E-state index contributed by atoms with van der Waals surface area (Å²) in [6.07, 6.45) is 9.64. The smallest absolute Gasteiger partial charge is 0.0852 e. The molecule has 0 amide bonds. The van der Waals surface area contributed by atoms with E-state index in [1.54, 1.807) is 0 Å². The first-order valence-electron chi connectivity index (χ1n) is 7.09. The highest BCUT2D eigenvalue weighted by Gasteiger charge is 2.24. The van der Waals surface area contributed by atoms with E-state index in [4.69, 9.17) is 5.73 Å². The van der Waals surface area contributed by atoms with Crippen LogP contribution in [0.3, 0.4) is 0 Å². The van der Waals surface area contributed by atoms with E-state index in [1.165, 1.54) is 38.6 Å². The van der Waals surface area contributed by atoms with Crippen molar-refractivity contribution in [3.05, 3.63) is 0 Å². The molecule has 0 bridgehead atoms. The van der Waals surface area contributed by atoms with Crippen LogP contribution in [-0.2, 0) is 0 Å². The molecule has 98 valence electrons. The van der Waals surface area contributed by atoms with Crippen molar-refractivity contribution < 1.29 is 0 Å². The van der Waals surface area contributed by atoms with Gasteiger partial charge in [-0.3, -0.25) is 4.99 Å². The molecular formula is C13H26N4. The molecule has 0 saturated heterocycles. The Hall–Kier alpha value is -0.610. The zero-order valence-corrected chi connectivity index (χ0v) is 10.8. The summed E-state index contributed by atoms with van der Waals surface area (Å²) in [6.45, 7) is 4.11. The van der Waals surface area contributed by atoms with E-state index in [9.17, 15) is 0 Å². The molecule has 4 nitrogen and oxygen atoms in total. The number of nitrogens with one attached hydrogen (secondary N) is 1. The summed E-state index contributed by atoms with van der Waals surface area (Å²) >= 11 is 0. The van der Waals surface area contributed by atoms with E-state index in [1.807, 2.05) is 0 Å². The van der Waals surface area contributed by atoms with E-state index in [2.05, 4.69) is 21.5 Å². The lowest BCUT2D eigenvalue weighted by Crippen LogP contribution is -2.43. The maximum atomic E-state index is 5.50. The molecule has 0 aromatic rings. The third kappa shape index (κ3) is 3.96. The van der Waals surface area contributed by atoms with E-state index in [0.717, 1.165) is 38.1 Å². The van der Waals surface area contributed by atoms with Gasteiger partial charge in [-0.1, -0.05) is 0 Å². The number of nitrogens with two attached hydrogens (primary N) is 1. The van der Waals surface area contributed by atoms with Crippen LogP contribution in [0.15, 0.2) is 4.99 Å². The predicted molar refractivity (Wildman–Crippen MR) is 72.4 cm³/mol. The van der Waals surface area contributed by atoms with Crippen LogP contribution in [0.4, 0.5) is 0 Å². The molecule has 0 aromatic heterocycles. The van der Waals surface area contributed by atoms with Crippen molar-refractivity contribution in [2.45, 2.75) is 50.6 Å². The molecule has 0 spiro atoms. The van der Waals surface area contributed by atoms with E-state index in [0.29, 0.717) is 0 Å². The molecule has 1 heterocycles. The second-order valence-corrected chi connectivity index (χ2v) is 5.21. The highest BCUT2D eigenvalue weighted by atomic mass is 15.2. The van der Waals surface area contributed by atoms with Gasteiger partial charge in [0.1, 0.15) is 0 Å². The molecule has 3 N–H and O–H groups in total. The van der Waals surface area contributed by atoms with Crippen LogP contribution in [0.25, 0.3) is 0 Å². The highest BCUT2D eigenvalue weighted by Crippen LogP contribution is 2.23. The maximum Gasteiger partial charge on any atom is 0.0852 e. The number of rotatable bonds is 5. The number of hydrogen-bond donors (Lipinski definition) is 2. The Balaban J connectivity index is 1.66. The zero-order chi connectivity index (χ0) is 11.9. The van der Waals surface area contributed by atoms with E-state index in [-0.39, 0.29) is 0 Å². The molecule has 2 aliphatic rings. The average Bonchev–Trinajstić information content (AvgIpc) is 2.41. The molecule has 1 aliphatic carbocycles. The van der Waals surface area contributed by atoms with Crippen molar-refractivity contribution in [1.29, 1.82) is 0 Å². The Bertz CT molecular complexity index is 234. The quantitative estimate of drug-likeness (QED) is 0.702. The van der Waals surface area contributed by atoms with Crippen molar-refractivity contribution in [1.82, 2.24) is 10.2 Å². The van der Waals surface area contributed by atoms with Crippen LogP contribution in [0, 0.1) is 0 Å². The van der Waals surface area contributed by atoms with E-state index >= 15 is 0 Å². The molecule has 1 aliphatic heterocycles. The van der Waals surface area contributed by atoms with Crippen LogP contribution in [0.2, 0.25) is 0 Å². The summed E-state index contributed by atoms with van der Waals surface area (Å²) in [5.74, 6) is 0. The molecule has 0 aromatic carbocycles. The van der Waals surface area contributed by atoms with Crippen molar-refractivity contribution in [3.8, 4) is 0 Å². The zero-order valence-electron chi connectivity index (χ0n) is 10.8. The molecule has 0 atom stereocenters. The van der Waals surface area contributed by atoms with Gasteiger partial charge in [0.15, 0.2) is 0 Å². The van der Waals surface area contributed by atoms with Gasteiger partial charge in [-0.05, 0) is 51.6 Å². The summed E-state index contributed by atoms with van der Waals surface area (Å²) in [4.78, 5) is 6.84. The predicted octanol–water partition coefficient (Wildman–Crippen LogP) is 0.970. The van der Waals surface area contributed by atoms with Gasteiger partial charge >= 0.3 is 0 Å². The Morgan fingerprint density at radius 1 is 1.29 bits per heavy atom. The number of nitrogens with zero attached hydrogens (tertiary/aromatic N) is 2. The van der Waals surface area contributed by atoms with E-state index < -0.39 is 0 Å². The Labute approximate surface area is 105 Å². The average molecular weight is 238 g/mol. The Kier molecular flexibility index (Phi) is 5.26. The van der Waals surface area contributed by atoms with Crippen molar-refractivity contribution in [3.63, 3.8) is 0 Å². The highest BCUT2D eigenvalue weighted by molar-refractivity contribution is 5.56. The topological polar surface area (TPSA) is 53.6 Å². The minimum Gasteiger partial charge on any atom is -0.360 e. The summed E-state index contributed by atoms with van der Waals surface area (Å²) in [7, 11) is 0. The van der Waals surface area contributed by atoms with Gasteiger partial charge < -0.3 is 16.0 Å². The van der Waals surface area contributed by atoms with Gasteiger partial charge in [-0.2, -0.15) is 0 Å². The third-order valence-electron chi connectivity index (χ3n) is 3.91. The van der Waals surface area contributed by atoms with Gasteiger partial charge in [0.2, 0.25) is 0 Å². The fourth-order valence-corrected chi connectivity index (χ4v) is 2.86. The third-order valence-corrected chi connectivity index (χ3v) is 3.91. The Morgan fingerprint density at radius 2 is 2.12 bits per heavy atom. The molecular weight excluding hydrogens is 212 g/mol. The number of aliphatic imine (C=N–C) groups is 1. The Morgan fingerprint density at radius 3 is 2.76 bits per heavy atom. The summed E-state index contributed by atoms with van der Waals surface area (Å²) in [5.41, 5.74) is 5.50. The van der Waals surface area contributed by atoms with Gasteiger partial charge in [-0.25, -0.2) is 0 Å². The minimum atomic E-state index is 0.722. The lowest BCUT2D eigenvalue weighted by Gasteiger charge is -2.37. The van der Waals surface area contributed by atoms with Crippen LogP contribution < -0.4 is 11.1 Å². The van der Waals surface area contributed by atoms with Crippen molar-refractivity contribution >= 4 is 6.34 Å². The molecule has 17 heavy (non-hydrogen) atoms. The lowest BCUT2D eigenvalue weighted by molar-refractivity contribution is 0.216. The fourth-order valence-electron chi connectivity index (χ4n) is 2.86. The summed E-state index contributed by atoms with van der Waals surface area (Å²) < 4.78 is 0. The monoisotopic (exact) mass is 238 g/mol. The standard InChI is InChI=1S/C13H26N4/c14-7-1-9-16-12-3-5-13(6-4-12)17-10-2-8-15-11-17/h11-13,16H,1-10,14H2.